The molecule has 0 aromatic heterocycles. The number of rotatable bonds is 7. The number of carboxylic acids is 1. The zero-order chi connectivity index (χ0) is 14.9. The molecule has 0 heterocycles. The Kier molecular flexibility index (Phi) is 13.8. The number of carbonyl (C=O) groups is 1. The molecule has 0 aromatic rings. The zero-order valence-corrected chi connectivity index (χ0v) is 12.4. The van der Waals surface area contributed by atoms with Crippen LogP contribution in [0.25, 0.3) is 0 Å². The number of unbranched alkanes of at least 4 members (excludes halogenated alkanes) is 5. The standard InChI is InChI=1S/C18H24O2/c1-2-3-4-5-6-7-8-9-10-11-12-13-14-15-16-17-18(19)20/h2-3,6,9,12-17H2,1H3,(H,19,20). The van der Waals surface area contributed by atoms with E-state index in [2.05, 4.69) is 42.4 Å². The Morgan fingerprint density at radius 2 is 1.35 bits per heavy atom. The molecule has 2 nitrogen and oxygen atoms in total. The maximum atomic E-state index is 10.3. The fourth-order valence-electron chi connectivity index (χ4n) is 1.48. The molecule has 0 unspecified atom stereocenters. The highest BCUT2D eigenvalue weighted by Gasteiger charge is 1.95. The summed E-state index contributed by atoms with van der Waals surface area (Å²) in [4.78, 5) is 10.3. The van der Waals surface area contributed by atoms with Crippen LogP contribution in [0, 0.1) is 35.5 Å². The van der Waals surface area contributed by atoms with E-state index in [0.29, 0.717) is 12.8 Å². The van der Waals surface area contributed by atoms with Crippen molar-refractivity contribution < 1.29 is 9.90 Å². The highest BCUT2D eigenvalue weighted by atomic mass is 16.4. The van der Waals surface area contributed by atoms with Gasteiger partial charge in [-0.2, -0.15) is 0 Å². The van der Waals surface area contributed by atoms with E-state index in [4.69, 9.17) is 5.11 Å². The van der Waals surface area contributed by atoms with E-state index in [9.17, 15) is 4.79 Å². The first kappa shape index (κ1) is 18.1. The summed E-state index contributed by atoms with van der Waals surface area (Å²) in [6.45, 7) is 2.11. The first-order chi connectivity index (χ1) is 9.77. The largest absolute Gasteiger partial charge is 0.481 e. The highest BCUT2D eigenvalue weighted by Crippen LogP contribution is 2.04. The Bertz CT molecular complexity index is 429. The van der Waals surface area contributed by atoms with Crippen LogP contribution in [-0.4, -0.2) is 11.1 Å². The molecule has 108 valence electrons. The molecule has 0 radical (unpaired) electrons. The van der Waals surface area contributed by atoms with Crippen LogP contribution in [0.3, 0.4) is 0 Å². The SMILES string of the molecule is CCCC#CCC#CCC#CCCCCCCC(=O)O. The summed E-state index contributed by atoms with van der Waals surface area (Å²) < 4.78 is 0. The molecule has 0 saturated heterocycles. The first-order valence-electron chi connectivity index (χ1n) is 7.36. The minimum atomic E-state index is -0.706. The summed E-state index contributed by atoms with van der Waals surface area (Å²) in [6.07, 6.45) is 8.32. The van der Waals surface area contributed by atoms with Crippen molar-refractivity contribution in [3.05, 3.63) is 0 Å². The third kappa shape index (κ3) is 16.1. The minimum Gasteiger partial charge on any atom is -0.481 e. The van der Waals surface area contributed by atoms with Crippen molar-refractivity contribution in [2.24, 2.45) is 0 Å². The van der Waals surface area contributed by atoms with Gasteiger partial charge in [-0.25, -0.2) is 0 Å². The topological polar surface area (TPSA) is 37.3 Å². The lowest BCUT2D eigenvalue weighted by Gasteiger charge is -1.95. The van der Waals surface area contributed by atoms with E-state index < -0.39 is 5.97 Å². The second-order valence-electron chi connectivity index (χ2n) is 4.47. The Labute approximate surface area is 123 Å². The van der Waals surface area contributed by atoms with Gasteiger partial charge >= 0.3 is 5.97 Å². The van der Waals surface area contributed by atoms with Crippen molar-refractivity contribution in [2.75, 3.05) is 0 Å². The summed E-state index contributed by atoms with van der Waals surface area (Å²) in [6, 6.07) is 0. The molecular formula is C18H24O2. The lowest BCUT2D eigenvalue weighted by atomic mass is 10.1. The van der Waals surface area contributed by atoms with Crippen molar-refractivity contribution >= 4 is 5.97 Å². The van der Waals surface area contributed by atoms with Gasteiger partial charge in [0.1, 0.15) is 0 Å². The Balaban J connectivity index is 3.40. The lowest BCUT2D eigenvalue weighted by Crippen LogP contribution is -1.93. The summed E-state index contributed by atoms with van der Waals surface area (Å²) in [5.41, 5.74) is 0. The molecule has 0 aliphatic carbocycles. The van der Waals surface area contributed by atoms with Crippen molar-refractivity contribution in [1.82, 2.24) is 0 Å². The summed E-state index contributed by atoms with van der Waals surface area (Å²) in [5.74, 6) is 17.5. The monoisotopic (exact) mass is 272 g/mol. The zero-order valence-electron chi connectivity index (χ0n) is 12.4. The van der Waals surface area contributed by atoms with Gasteiger partial charge in [-0.1, -0.05) is 43.4 Å². The first-order valence-corrected chi connectivity index (χ1v) is 7.36. The van der Waals surface area contributed by atoms with E-state index in [1.165, 1.54) is 0 Å². The second-order valence-corrected chi connectivity index (χ2v) is 4.47. The van der Waals surface area contributed by atoms with Gasteiger partial charge in [0.15, 0.2) is 0 Å². The Hall–Kier alpha value is -1.85. The number of hydrogen-bond acceptors (Lipinski definition) is 1. The quantitative estimate of drug-likeness (QED) is 0.562. The van der Waals surface area contributed by atoms with Crippen molar-refractivity contribution in [1.29, 1.82) is 0 Å². The molecule has 20 heavy (non-hydrogen) atoms. The number of carboxylic acid groups (broad SMARTS) is 1. The van der Waals surface area contributed by atoms with Crippen molar-refractivity contribution in [2.45, 2.75) is 71.1 Å². The number of aliphatic carboxylic acids is 1. The van der Waals surface area contributed by atoms with Gasteiger partial charge in [-0.15, -0.1) is 11.8 Å². The molecule has 0 atom stereocenters. The molecule has 0 aliphatic rings. The van der Waals surface area contributed by atoms with E-state index in [0.717, 1.165) is 44.9 Å². The van der Waals surface area contributed by atoms with Crippen LogP contribution in [0.2, 0.25) is 0 Å². The summed E-state index contributed by atoms with van der Waals surface area (Å²) >= 11 is 0. The van der Waals surface area contributed by atoms with Crippen LogP contribution in [0.15, 0.2) is 0 Å². The lowest BCUT2D eigenvalue weighted by molar-refractivity contribution is -0.137. The van der Waals surface area contributed by atoms with Gasteiger partial charge < -0.3 is 5.11 Å². The van der Waals surface area contributed by atoms with Gasteiger partial charge in [-0.05, 0) is 19.3 Å². The van der Waals surface area contributed by atoms with Crippen LogP contribution in [0.5, 0.6) is 0 Å². The van der Waals surface area contributed by atoms with Gasteiger partial charge in [0, 0.05) is 19.3 Å². The normalized spacial score (nSPS) is 8.45. The van der Waals surface area contributed by atoms with E-state index in [1.807, 2.05) is 0 Å². The fraction of sp³-hybridized carbons (Fsp3) is 0.611. The van der Waals surface area contributed by atoms with E-state index in [1.54, 1.807) is 0 Å². The summed E-state index contributed by atoms with van der Waals surface area (Å²) in [7, 11) is 0. The maximum Gasteiger partial charge on any atom is 0.303 e. The van der Waals surface area contributed by atoms with Gasteiger partial charge in [-0.3, -0.25) is 4.79 Å². The fourth-order valence-corrected chi connectivity index (χ4v) is 1.48. The predicted molar refractivity (Wildman–Crippen MR) is 82.8 cm³/mol. The molecule has 0 fully saturated rings. The molecule has 0 rings (SSSR count). The smallest absolute Gasteiger partial charge is 0.303 e. The summed E-state index contributed by atoms with van der Waals surface area (Å²) in [5, 5.41) is 8.47. The molecule has 0 amide bonds. The average Bonchev–Trinajstić information content (AvgIpc) is 2.43. The Morgan fingerprint density at radius 1 is 0.800 bits per heavy atom. The van der Waals surface area contributed by atoms with Crippen molar-refractivity contribution in [3.63, 3.8) is 0 Å². The predicted octanol–water partition coefficient (Wildman–Crippen LogP) is 4.00. The molecular weight excluding hydrogens is 248 g/mol. The van der Waals surface area contributed by atoms with E-state index in [-0.39, 0.29) is 6.42 Å². The average molecular weight is 272 g/mol. The van der Waals surface area contributed by atoms with Crippen LogP contribution in [0.4, 0.5) is 0 Å². The highest BCUT2D eigenvalue weighted by molar-refractivity contribution is 5.66. The molecule has 0 saturated carbocycles. The van der Waals surface area contributed by atoms with Crippen molar-refractivity contribution in [3.8, 4) is 35.5 Å². The van der Waals surface area contributed by atoms with Crippen LogP contribution in [0.1, 0.15) is 71.1 Å². The number of hydrogen-bond donors (Lipinski definition) is 1. The third-order valence-corrected chi connectivity index (χ3v) is 2.55. The molecule has 0 bridgehead atoms. The minimum absolute atomic E-state index is 0.280. The molecule has 0 spiro atoms. The van der Waals surface area contributed by atoms with Crippen LogP contribution in [-0.2, 0) is 4.79 Å². The van der Waals surface area contributed by atoms with Gasteiger partial charge in [0.2, 0.25) is 0 Å². The molecule has 2 heteroatoms. The molecule has 1 N–H and O–H groups in total. The second kappa shape index (κ2) is 15.2. The van der Waals surface area contributed by atoms with Gasteiger partial charge in [0.05, 0.1) is 12.8 Å². The molecule has 0 aromatic carbocycles. The van der Waals surface area contributed by atoms with Crippen LogP contribution >= 0.6 is 0 Å². The van der Waals surface area contributed by atoms with Crippen LogP contribution < -0.4 is 0 Å². The Morgan fingerprint density at radius 3 is 1.95 bits per heavy atom. The third-order valence-electron chi connectivity index (χ3n) is 2.55. The van der Waals surface area contributed by atoms with Gasteiger partial charge in [0.25, 0.3) is 0 Å². The molecule has 0 aliphatic heterocycles. The van der Waals surface area contributed by atoms with E-state index >= 15 is 0 Å². The maximum absolute atomic E-state index is 10.3.